The van der Waals surface area contributed by atoms with Crippen LogP contribution in [0.25, 0.3) is 0 Å². The predicted octanol–water partition coefficient (Wildman–Crippen LogP) is 3.56. The van der Waals surface area contributed by atoms with E-state index in [0.29, 0.717) is 4.88 Å². The molecule has 0 unspecified atom stereocenters. The first-order chi connectivity index (χ1) is 12.3. The molecule has 1 aromatic heterocycles. The van der Waals surface area contributed by atoms with Crippen LogP contribution >= 0.6 is 11.3 Å². The van der Waals surface area contributed by atoms with Crippen LogP contribution in [0.1, 0.15) is 37.7 Å². The number of thiophene rings is 1. The van der Waals surface area contributed by atoms with Gasteiger partial charge in [0.05, 0.1) is 4.92 Å². The number of nitrogens with zero attached hydrogens (tertiary/aromatic N) is 1. The highest BCUT2D eigenvalue weighted by Gasteiger charge is 2.21. The molecule has 136 valence electrons. The van der Waals surface area contributed by atoms with Gasteiger partial charge in [-0.15, -0.1) is 11.3 Å². The van der Waals surface area contributed by atoms with Crippen molar-refractivity contribution < 1.29 is 19.2 Å². The third-order valence-electron chi connectivity index (χ3n) is 4.36. The number of aryl methyl sites for hydroxylation is 4. The second kappa shape index (κ2) is 7.25. The molecule has 1 amide bonds. The Labute approximate surface area is 154 Å². The van der Waals surface area contributed by atoms with Gasteiger partial charge < -0.3 is 10.1 Å². The van der Waals surface area contributed by atoms with Gasteiger partial charge in [0.1, 0.15) is 10.6 Å². The van der Waals surface area contributed by atoms with E-state index in [1.165, 1.54) is 33.9 Å². The lowest BCUT2D eigenvalue weighted by atomic mass is 10.1. The SMILES string of the molecule is Cc1cc(NC(=O)COC(=O)c2cc3c(s2)CCC3)c([N+](=O)[O-])cc1C. The number of amides is 1. The maximum Gasteiger partial charge on any atom is 0.348 e. The number of hydrogen-bond donors (Lipinski definition) is 1. The molecule has 1 aliphatic rings. The van der Waals surface area contributed by atoms with Crippen molar-refractivity contribution in [3.05, 3.63) is 54.8 Å². The van der Waals surface area contributed by atoms with Gasteiger partial charge in [0.15, 0.2) is 6.61 Å². The van der Waals surface area contributed by atoms with Crippen LogP contribution in [0, 0.1) is 24.0 Å². The molecule has 1 aliphatic carbocycles. The zero-order valence-corrected chi connectivity index (χ0v) is 15.3. The molecule has 0 saturated heterocycles. The Morgan fingerprint density at radius 3 is 2.65 bits per heavy atom. The molecule has 26 heavy (non-hydrogen) atoms. The average Bonchev–Trinajstić information content (AvgIpc) is 3.17. The van der Waals surface area contributed by atoms with Gasteiger partial charge in [0.25, 0.3) is 11.6 Å². The van der Waals surface area contributed by atoms with E-state index in [1.807, 2.05) is 6.07 Å². The quantitative estimate of drug-likeness (QED) is 0.490. The van der Waals surface area contributed by atoms with Crippen LogP contribution in [0.2, 0.25) is 0 Å². The van der Waals surface area contributed by atoms with Crippen molar-refractivity contribution in [1.29, 1.82) is 0 Å². The highest BCUT2D eigenvalue weighted by atomic mass is 32.1. The Morgan fingerprint density at radius 1 is 1.23 bits per heavy atom. The molecular weight excluding hydrogens is 356 g/mol. The molecule has 1 heterocycles. The molecule has 0 fully saturated rings. The number of nitrogens with one attached hydrogen (secondary N) is 1. The van der Waals surface area contributed by atoms with Crippen LogP contribution in [-0.2, 0) is 22.4 Å². The van der Waals surface area contributed by atoms with Crippen LogP contribution in [0.5, 0.6) is 0 Å². The second-order valence-electron chi connectivity index (χ2n) is 6.25. The summed E-state index contributed by atoms with van der Waals surface area (Å²) in [6.07, 6.45) is 3.05. The number of carbonyl (C=O) groups excluding carboxylic acids is 2. The number of nitro groups is 1. The van der Waals surface area contributed by atoms with E-state index < -0.39 is 23.4 Å². The number of benzene rings is 1. The number of esters is 1. The Kier molecular flexibility index (Phi) is 5.03. The molecule has 1 aromatic carbocycles. The van der Waals surface area contributed by atoms with Crippen LogP contribution in [-0.4, -0.2) is 23.4 Å². The highest BCUT2D eigenvalue weighted by Crippen LogP contribution is 2.31. The summed E-state index contributed by atoms with van der Waals surface area (Å²) in [5, 5.41) is 13.6. The summed E-state index contributed by atoms with van der Waals surface area (Å²) in [6, 6.07) is 4.77. The van der Waals surface area contributed by atoms with E-state index in [0.717, 1.165) is 30.4 Å². The summed E-state index contributed by atoms with van der Waals surface area (Å²) in [4.78, 5) is 36.4. The number of hydrogen-bond acceptors (Lipinski definition) is 6. The van der Waals surface area contributed by atoms with Crippen LogP contribution < -0.4 is 5.32 Å². The topological polar surface area (TPSA) is 98.5 Å². The van der Waals surface area contributed by atoms with Gasteiger partial charge in [-0.05, 0) is 61.9 Å². The molecule has 3 rings (SSSR count). The van der Waals surface area contributed by atoms with Gasteiger partial charge in [0.2, 0.25) is 0 Å². The minimum absolute atomic E-state index is 0.0919. The van der Waals surface area contributed by atoms with E-state index in [4.69, 9.17) is 4.74 Å². The zero-order chi connectivity index (χ0) is 18.8. The van der Waals surface area contributed by atoms with Gasteiger partial charge in [-0.3, -0.25) is 14.9 Å². The molecule has 0 spiro atoms. The molecule has 0 radical (unpaired) electrons. The Bertz CT molecular complexity index is 882. The first kappa shape index (κ1) is 18.1. The molecule has 0 bridgehead atoms. The second-order valence-corrected chi connectivity index (χ2v) is 7.38. The van der Waals surface area contributed by atoms with Crippen molar-refractivity contribution in [1.82, 2.24) is 0 Å². The summed E-state index contributed by atoms with van der Waals surface area (Å²) in [7, 11) is 0. The summed E-state index contributed by atoms with van der Waals surface area (Å²) < 4.78 is 5.04. The van der Waals surface area contributed by atoms with E-state index >= 15 is 0 Å². The third kappa shape index (κ3) is 3.75. The lowest BCUT2D eigenvalue weighted by Crippen LogP contribution is -2.21. The molecule has 8 heteroatoms. The van der Waals surface area contributed by atoms with E-state index in [-0.39, 0.29) is 11.4 Å². The van der Waals surface area contributed by atoms with Crippen molar-refractivity contribution in [2.24, 2.45) is 0 Å². The molecule has 0 saturated carbocycles. The molecule has 7 nitrogen and oxygen atoms in total. The average molecular weight is 374 g/mol. The van der Waals surface area contributed by atoms with Crippen molar-refractivity contribution in [2.75, 3.05) is 11.9 Å². The van der Waals surface area contributed by atoms with Gasteiger partial charge in [-0.2, -0.15) is 0 Å². The fourth-order valence-electron chi connectivity index (χ4n) is 2.87. The maximum atomic E-state index is 12.1. The lowest BCUT2D eigenvalue weighted by Gasteiger charge is -2.09. The monoisotopic (exact) mass is 374 g/mol. The van der Waals surface area contributed by atoms with Gasteiger partial charge >= 0.3 is 5.97 Å². The Morgan fingerprint density at radius 2 is 1.96 bits per heavy atom. The number of nitro benzene ring substituents is 1. The van der Waals surface area contributed by atoms with Crippen molar-refractivity contribution in [3.8, 4) is 0 Å². The third-order valence-corrected chi connectivity index (χ3v) is 5.58. The minimum atomic E-state index is -0.617. The smallest absolute Gasteiger partial charge is 0.348 e. The van der Waals surface area contributed by atoms with E-state index in [2.05, 4.69) is 5.32 Å². The normalized spacial score (nSPS) is 12.5. The fourth-order valence-corrected chi connectivity index (χ4v) is 4.02. The number of anilines is 1. The summed E-state index contributed by atoms with van der Waals surface area (Å²) >= 11 is 1.40. The lowest BCUT2D eigenvalue weighted by molar-refractivity contribution is -0.384. The number of carbonyl (C=O) groups is 2. The minimum Gasteiger partial charge on any atom is -0.451 e. The van der Waals surface area contributed by atoms with Crippen molar-refractivity contribution >= 4 is 34.6 Å². The number of ether oxygens (including phenoxy) is 1. The molecular formula is C18H18N2O5S. The standard InChI is InChI=1S/C18H18N2O5S/c1-10-6-13(14(20(23)24)7-11(10)2)19-17(21)9-25-18(22)16-8-12-4-3-5-15(12)26-16/h6-8H,3-5,9H2,1-2H3,(H,19,21). The largest absolute Gasteiger partial charge is 0.451 e. The van der Waals surface area contributed by atoms with Gasteiger partial charge in [-0.25, -0.2) is 4.79 Å². The molecule has 1 N–H and O–H groups in total. The summed E-state index contributed by atoms with van der Waals surface area (Å²) in [5.74, 6) is -1.16. The van der Waals surface area contributed by atoms with Gasteiger partial charge in [0, 0.05) is 10.9 Å². The van der Waals surface area contributed by atoms with Crippen molar-refractivity contribution in [2.45, 2.75) is 33.1 Å². The van der Waals surface area contributed by atoms with Crippen LogP contribution in [0.4, 0.5) is 11.4 Å². The molecule has 2 aromatic rings. The highest BCUT2D eigenvalue weighted by molar-refractivity contribution is 7.14. The first-order valence-electron chi connectivity index (χ1n) is 8.19. The van der Waals surface area contributed by atoms with E-state index in [9.17, 15) is 19.7 Å². The molecule has 0 aliphatic heterocycles. The van der Waals surface area contributed by atoms with E-state index in [1.54, 1.807) is 13.8 Å². The fraction of sp³-hybridized carbons (Fsp3) is 0.333. The van der Waals surface area contributed by atoms with Crippen LogP contribution in [0.3, 0.4) is 0 Å². The summed E-state index contributed by atoms with van der Waals surface area (Å²) in [6.45, 7) is 3.06. The van der Waals surface area contributed by atoms with Crippen LogP contribution in [0.15, 0.2) is 18.2 Å². The Hall–Kier alpha value is -2.74. The first-order valence-corrected chi connectivity index (χ1v) is 9.01. The predicted molar refractivity (Wildman–Crippen MR) is 97.8 cm³/mol. The Balaban J connectivity index is 1.63. The maximum absolute atomic E-state index is 12.1. The van der Waals surface area contributed by atoms with Crippen molar-refractivity contribution in [3.63, 3.8) is 0 Å². The summed E-state index contributed by atoms with van der Waals surface area (Å²) in [5.41, 5.74) is 2.65. The number of rotatable bonds is 5. The van der Waals surface area contributed by atoms with Gasteiger partial charge in [-0.1, -0.05) is 0 Å². The molecule has 0 atom stereocenters. The number of fused-ring (bicyclic) bond motifs is 1. The zero-order valence-electron chi connectivity index (χ0n) is 14.5.